The largest absolute Gasteiger partial charge is 0.482 e. The van der Waals surface area contributed by atoms with Crippen LogP contribution in [0.3, 0.4) is 0 Å². The molecule has 2 aromatic rings. The third kappa shape index (κ3) is 4.23. The maximum absolute atomic E-state index is 11.7. The number of rotatable bonds is 7. The molecule has 0 atom stereocenters. The van der Waals surface area contributed by atoms with E-state index in [1.807, 2.05) is 0 Å². The first-order valence-corrected chi connectivity index (χ1v) is 7.70. The lowest BCUT2D eigenvalue weighted by atomic mass is 10.1. The first-order valence-electron chi connectivity index (χ1n) is 7.70. The van der Waals surface area contributed by atoms with Crippen molar-refractivity contribution in [3.05, 3.63) is 55.1 Å². The molecule has 0 unspecified atom stereocenters. The predicted octanol–water partition coefficient (Wildman–Crippen LogP) is 4.05. The van der Waals surface area contributed by atoms with Gasteiger partial charge in [-0.2, -0.15) is 0 Å². The molecule has 0 amide bonds. The van der Waals surface area contributed by atoms with Gasteiger partial charge >= 0.3 is 5.97 Å². The van der Waals surface area contributed by atoms with Crippen LogP contribution in [0.4, 0.5) is 0 Å². The Balaban J connectivity index is 1.54. The van der Waals surface area contributed by atoms with Gasteiger partial charge in [0, 0.05) is 6.07 Å². The molecule has 25 heavy (non-hydrogen) atoms. The summed E-state index contributed by atoms with van der Waals surface area (Å²) < 4.78 is 16.3. The van der Waals surface area contributed by atoms with Crippen LogP contribution in [0.2, 0.25) is 0 Å². The maximum Gasteiger partial charge on any atom is 0.345 e. The lowest BCUT2D eigenvalue weighted by molar-refractivity contribution is -0.154. The fourth-order valence-corrected chi connectivity index (χ4v) is 2.02. The Morgan fingerprint density at radius 3 is 2.56 bits per heavy atom. The van der Waals surface area contributed by atoms with E-state index in [-0.39, 0.29) is 6.61 Å². The second-order valence-electron chi connectivity index (χ2n) is 5.92. The molecular formula is C19H18O6. The number of esters is 1. The van der Waals surface area contributed by atoms with Crippen LogP contribution in [-0.2, 0) is 9.53 Å². The van der Waals surface area contributed by atoms with Gasteiger partial charge < -0.3 is 14.2 Å². The molecule has 0 spiro atoms. The van der Waals surface area contributed by atoms with Crippen molar-refractivity contribution in [2.45, 2.75) is 19.4 Å². The number of ether oxygens (including phenoxy) is 3. The van der Waals surface area contributed by atoms with Gasteiger partial charge in [-0.15, -0.1) is 0 Å². The molecule has 1 aliphatic heterocycles. The van der Waals surface area contributed by atoms with Crippen LogP contribution in [0.15, 0.2) is 55.1 Å². The van der Waals surface area contributed by atoms with Gasteiger partial charge in [0.25, 0.3) is 0 Å². The molecule has 2 bridgehead atoms. The number of carbonyl (C=O) groups excluding carboxylic acids is 1. The van der Waals surface area contributed by atoms with Crippen LogP contribution in [0.1, 0.15) is 13.8 Å². The van der Waals surface area contributed by atoms with Crippen LogP contribution in [0, 0.1) is 0 Å². The third-order valence-electron chi connectivity index (χ3n) is 3.42. The predicted molar refractivity (Wildman–Crippen MR) is 90.1 cm³/mol. The molecule has 0 aliphatic carbocycles. The fraction of sp³-hybridized carbons (Fsp3) is 0.211. The Bertz CT molecular complexity index is 779. The Morgan fingerprint density at radius 2 is 1.84 bits per heavy atom. The summed E-state index contributed by atoms with van der Waals surface area (Å²) in [5, 5.41) is 0. The number of hydrogen-bond donors (Lipinski definition) is 0. The Labute approximate surface area is 145 Å². The van der Waals surface area contributed by atoms with Crippen molar-refractivity contribution in [1.82, 2.24) is 0 Å². The molecule has 0 saturated heterocycles. The van der Waals surface area contributed by atoms with Gasteiger partial charge in [0.15, 0.2) is 18.1 Å². The number of hydrogen-bond acceptors (Lipinski definition) is 6. The Kier molecular flexibility index (Phi) is 4.52. The SMILES string of the molecule is C=CC(C)(C)OC(=O)COc1ccc(Oc2ccc3cc2OO3)cc1. The molecule has 6 nitrogen and oxygen atoms in total. The standard InChI is InChI=1S/C19H18O6/c1-4-19(2,3)23-18(20)12-21-13-5-7-14(8-6-13)22-16-10-9-15-11-17(16)25-24-15/h4-11H,1,12H2,2-3H3. The average molecular weight is 342 g/mol. The molecular weight excluding hydrogens is 324 g/mol. The van der Waals surface area contributed by atoms with E-state index in [9.17, 15) is 4.79 Å². The van der Waals surface area contributed by atoms with Crippen molar-refractivity contribution in [3.8, 4) is 28.7 Å². The molecule has 1 aliphatic rings. The van der Waals surface area contributed by atoms with Crippen molar-refractivity contribution in [2.24, 2.45) is 0 Å². The minimum absolute atomic E-state index is 0.186. The molecule has 6 heteroatoms. The zero-order valence-electron chi connectivity index (χ0n) is 14.0. The second kappa shape index (κ2) is 6.76. The van der Waals surface area contributed by atoms with Gasteiger partial charge in [0.2, 0.25) is 5.75 Å². The lowest BCUT2D eigenvalue weighted by Gasteiger charge is -2.20. The molecule has 1 heterocycles. The molecule has 0 aromatic heterocycles. The molecule has 0 saturated carbocycles. The second-order valence-corrected chi connectivity index (χ2v) is 5.92. The summed E-state index contributed by atoms with van der Waals surface area (Å²) in [5.41, 5.74) is -0.721. The summed E-state index contributed by atoms with van der Waals surface area (Å²) in [5.74, 6) is 2.36. The monoisotopic (exact) mass is 342 g/mol. The van der Waals surface area contributed by atoms with Crippen molar-refractivity contribution in [2.75, 3.05) is 6.61 Å². The lowest BCUT2D eigenvalue weighted by Crippen LogP contribution is -2.28. The van der Waals surface area contributed by atoms with Crippen LogP contribution in [0.5, 0.6) is 28.7 Å². The van der Waals surface area contributed by atoms with Gasteiger partial charge in [-0.05, 0) is 56.3 Å². The topological polar surface area (TPSA) is 63.2 Å². The van der Waals surface area contributed by atoms with Gasteiger partial charge in [0.05, 0.1) is 0 Å². The van der Waals surface area contributed by atoms with Crippen LogP contribution in [0.25, 0.3) is 0 Å². The van der Waals surface area contributed by atoms with Crippen LogP contribution in [-0.4, -0.2) is 18.2 Å². The highest BCUT2D eigenvalue weighted by Crippen LogP contribution is 2.39. The fourth-order valence-electron chi connectivity index (χ4n) is 2.02. The highest BCUT2D eigenvalue weighted by molar-refractivity contribution is 5.71. The Morgan fingerprint density at radius 1 is 1.12 bits per heavy atom. The van der Waals surface area contributed by atoms with E-state index in [0.717, 1.165) is 0 Å². The van der Waals surface area contributed by atoms with E-state index >= 15 is 0 Å². The molecule has 0 N–H and O–H groups in total. The summed E-state index contributed by atoms with van der Waals surface area (Å²) in [6.45, 7) is 6.92. The summed E-state index contributed by atoms with van der Waals surface area (Å²) >= 11 is 0. The normalized spacial score (nSPS) is 11.9. The van der Waals surface area contributed by atoms with Gasteiger partial charge in [-0.1, -0.05) is 6.58 Å². The molecule has 130 valence electrons. The summed E-state index contributed by atoms with van der Waals surface area (Å²) in [6, 6.07) is 12.1. The summed E-state index contributed by atoms with van der Waals surface area (Å²) in [4.78, 5) is 21.7. The summed E-state index contributed by atoms with van der Waals surface area (Å²) in [6.07, 6.45) is 1.56. The van der Waals surface area contributed by atoms with Crippen LogP contribution < -0.4 is 19.2 Å². The van der Waals surface area contributed by atoms with Crippen molar-refractivity contribution >= 4 is 5.97 Å². The van der Waals surface area contributed by atoms with E-state index in [1.165, 1.54) is 0 Å². The van der Waals surface area contributed by atoms with Crippen molar-refractivity contribution in [3.63, 3.8) is 0 Å². The van der Waals surface area contributed by atoms with E-state index in [4.69, 9.17) is 24.0 Å². The highest BCUT2D eigenvalue weighted by Gasteiger charge is 2.19. The zero-order valence-corrected chi connectivity index (χ0v) is 14.0. The zero-order chi connectivity index (χ0) is 17.9. The molecule has 2 aromatic carbocycles. The van der Waals surface area contributed by atoms with Crippen molar-refractivity contribution in [1.29, 1.82) is 0 Å². The summed E-state index contributed by atoms with van der Waals surface area (Å²) in [7, 11) is 0. The third-order valence-corrected chi connectivity index (χ3v) is 3.42. The molecule has 3 rings (SSSR count). The van der Waals surface area contributed by atoms with E-state index in [2.05, 4.69) is 6.58 Å². The Hall–Kier alpha value is -3.15. The average Bonchev–Trinajstić information content (AvgIpc) is 2.99. The number of carbonyl (C=O) groups is 1. The molecule has 0 fully saturated rings. The van der Waals surface area contributed by atoms with E-state index in [0.29, 0.717) is 28.7 Å². The van der Waals surface area contributed by atoms with Crippen LogP contribution >= 0.6 is 0 Å². The number of fused-ring (bicyclic) bond motifs is 2. The highest BCUT2D eigenvalue weighted by atomic mass is 17.2. The maximum atomic E-state index is 11.7. The first kappa shape index (κ1) is 16.7. The molecule has 0 radical (unpaired) electrons. The van der Waals surface area contributed by atoms with Gasteiger partial charge in [-0.25, -0.2) is 4.79 Å². The van der Waals surface area contributed by atoms with Crippen molar-refractivity contribution < 1.29 is 28.8 Å². The quantitative estimate of drug-likeness (QED) is 0.430. The van der Waals surface area contributed by atoms with E-state index < -0.39 is 11.6 Å². The number of benzene rings is 2. The van der Waals surface area contributed by atoms with Gasteiger partial charge in [-0.3, -0.25) is 9.78 Å². The first-order chi connectivity index (χ1) is 11.9. The minimum atomic E-state index is -0.721. The van der Waals surface area contributed by atoms with Gasteiger partial charge in [0.1, 0.15) is 17.1 Å². The minimum Gasteiger partial charge on any atom is -0.482 e. The smallest absolute Gasteiger partial charge is 0.345 e. The van der Waals surface area contributed by atoms with E-state index in [1.54, 1.807) is 62.4 Å².